The molecule has 1 aliphatic rings. The highest BCUT2D eigenvalue weighted by molar-refractivity contribution is 6.33. The Kier molecular flexibility index (Phi) is 4.35. The zero-order chi connectivity index (χ0) is 13.0. The lowest BCUT2D eigenvalue weighted by molar-refractivity contribution is 0.0622. The van der Waals surface area contributed by atoms with Gasteiger partial charge in [-0.05, 0) is 25.0 Å². The van der Waals surface area contributed by atoms with E-state index in [-0.39, 0.29) is 17.6 Å². The highest BCUT2D eigenvalue weighted by Crippen LogP contribution is 2.17. The van der Waals surface area contributed by atoms with Gasteiger partial charge in [0.15, 0.2) is 0 Å². The first-order valence-corrected chi connectivity index (χ1v) is 6.10. The van der Waals surface area contributed by atoms with Gasteiger partial charge in [0, 0.05) is 6.61 Å². The van der Waals surface area contributed by atoms with Crippen LogP contribution >= 0.6 is 11.6 Å². The van der Waals surface area contributed by atoms with Crippen molar-refractivity contribution in [1.29, 1.82) is 0 Å². The van der Waals surface area contributed by atoms with E-state index in [1.54, 1.807) is 12.1 Å². The average molecular weight is 271 g/mol. The molecule has 0 radical (unpaired) electrons. The van der Waals surface area contributed by atoms with Gasteiger partial charge in [0.2, 0.25) is 0 Å². The molecule has 1 fully saturated rings. The minimum absolute atomic E-state index is 0.0126. The molecule has 0 spiro atoms. The van der Waals surface area contributed by atoms with E-state index in [1.807, 2.05) is 0 Å². The standard InChI is InChI=1S/C11H15ClN4O2/c12-8-3-4-9(16-13)15-10(8)11(17)14-7-2-1-5-18-6-7/h3-4,7H,1-2,5-6,13H2,(H,14,17)(H,15,16). The molecule has 18 heavy (non-hydrogen) atoms. The number of aromatic nitrogens is 1. The zero-order valence-electron chi connectivity index (χ0n) is 9.78. The van der Waals surface area contributed by atoms with Crippen LogP contribution in [0.2, 0.25) is 5.02 Å². The number of nitrogens with one attached hydrogen (secondary N) is 2. The number of rotatable bonds is 3. The van der Waals surface area contributed by atoms with Crippen LogP contribution in [0, 0.1) is 0 Å². The van der Waals surface area contributed by atoms with Gasteiger partial charge in [-0.3, -0.25) is 4.79 Å². The molecule has 0 aromatic carbocycles. The molecule has 4 N–H and O–H groups in total. The number of nitrogen functional groups attached to an aromatic ring is 1. The molecule has 2 rings (SSSR count). The van der Waals surface area contributed by atoms with Crippen molar-refractivity contribution < 1.29 is 9.53 Å². The summed E-state index contributed by atoms with van der Waals surface area (Å²) in [5.41, 5.74) is 2.54. The number of anilines is 1. The fourth-order valence-electron chi connectivity index (χ4n) is 1.79. The topological polar surface area (TPSA) is 89.3 Å². The van der Waals surface area contributed by atoms with Gasteiger partial charge in [0.1, 0.15) is 11.5 Å². The van der Waals surface area contributed by atoms with Gasteiger partial charge in [0.05, 0.1) is 17.7 Å². The van der Waals surface area contributed by atoms with E-state index >= 15 is 0 Å². The van der Waals surface area contributed by atoms with Crippen LogP contribution in [-0.4, -0.2) is 30.1 Å². The van der Waals surface area contributed by atoms with Crippen LogP contribution < -0.4 is 16.6 Å². The Morgan fingerprint density at radius 1 is 1.56 bits per heavy atom. The monoisotopic (exact) mass is 270 g/mol. The minimum Gasteiger partial charge on any atom is -0.379 e. The van der Waals surface area contributed by atoms with E-state index in [2.05, 4.69) is 15.7 Å². The highest BCUT2D eigenvalue weighted by Gasteiger charge is 2.19. The van der Waals surface area contributed by atoms with Crippen molar-refractivity contribution >= 4 is 23.3 Å². The molecule has 6 nitrogen and oxygen atoms in total. The highest BCUT2D eigenvalue weighted by atomic mass is 35.5. The Balaban J connectivity index is 2.07. The van der Waals surface area contributed by atoms with Crippen molar-refractivity contribution in [2.75, 3.05) is 18.6 Å². The molecule has 0 bridgehead atoms. The van der Waals surface area contributed by atoms with Gasteiger partial charge < -0.3 is 15.5 Å². The van der Waals surface area contributed by atoms with Crippen molar-refractivity contribution in [2.45, 2.75) is 18.9 Å². The summed E-state index contributed by atoms with van der Waals surface area (Å²) < 4.78 is 5.29. The SMILES string of the molecule is NNc1ccc(Cl)c(C(=O)NC2CCCOC2)n1. The number of hydrogen-bond acceptors (Lipinski definition) is 5. The normalized spacial score (nSPS) is 19.3. The summed E-state index contributed by atoms with van der Waals surface area (Å²) in [6.07, 6.45) is 1.84. The zero-order valence-corrected chi connectivity index (χ0v) is 10.5. The second-order valence-electron chi connectivity index (χ2n) is 4.06. The molecule has 98 valence electrons. The number of carbonyl (C=O) groups excluding carboxylic acids is 1. The molecule has 2 heterocycles. The molecular formula is C11H15ClN4O2. The summed E-state index contributed by atoms with van der Waals surface area (Å²) in [6, 6.07) is 3.19. The van der Waals surface area contributed by atoms with E-state index in [0.29, 0.717) is 17.4 Å². The van der Waals surface area contributed by atoms with E-state index < -0.39 is 0 Å². The van der Waals surface area contributed by atoms with Crippen molar-refractivity contribution in [3.8, 4) is 0 Å². The molecule has 1 unspecified atom stereocenters. The minimum atomic E-state index is -0.312. The first kappa shape index (κ1) is 13.1. The van der Waals surface area contributed by atoms with E-state index in [0.717, 1.165) is 19.4 Å². The quantitative estimate of drug-likeness (QED) is 0.562. The van der Waals surface area contributed by atoms with Gasteiger partial charge in [-0.15, -0.1) is 0 Å². The third-order valence-corrected chi connectivity index (χ3v) is 3.01. The molecule has 1 amide bonds. The molecule has 1 aromatic rings. The lowest BCUT2D eigenvalue weighted by Gasteiger charge is -2.23. The van der Waals surface area contributed by atoms with Crippen molar-refractivity contribution in [3.63, 3.8) is 0 Å². The molecule has 1 aromatic heterocycles. The Morgan fingerprint density at radius 2 is 2.39 bits per heavy atom. The van der Waals surface area contributed by atoms with Gasteiger partial charge in [-0.2, -0.15) is 0 Å². The number of hydrogen-bond donors (Lipinski definition) is 3. The molecular weight excluding hydrogens is 256 g/mol. The predicted molar refractivity (Wildman–Crippen MR) is 68.4 cm³/mol. The summed E-state index contributed by atoms with van der Waals surface area (Å²) in [7, 11) is 0. The van der Waals surface area contributed by atoms with E-state index in [4.69, 9.17) is 22.2 Å². The Bertz CT molecular complexity index is 435. The maximum absolute atomic E-state index is 12.0. The third-order valence-electron chi connectivity index (χ3n) is 2.70. The molecule has 1 aliphatic heterocycles. The van der Waals surface area contributed by atoms with E-state index in [9.17, 15) is 4.79 Å². The number of carbonyl (C=O) groups is 1. The maximum atomic E-state index is 12.0. The fraction of sp³-hybridized carbons (Fsp3) is 0.455. The Morgan fingerprint density at radius 3 is 3.06 bits per heavy atom. The lowest BCUT2D eigenvalue weighted by Crippen LogP contribution is -2.41. The van der Waals surface area contributed by atoms with Crippen molar-refractivity contribution in [3.05, 3.63) is 22.8 Å². The Labute approximate surface area is 110 Å². The van der Waals surface area contributed by atoms with Crippen LogP contribution in [-0.2, 0) is 4.74 Å². The summed E-state index contributed by atoms with van der Waals surface area (Å²) in [6.45, 7) is 1.27. The number of nitrogens with two attached hydrogens (primary N) is 1. The summed E-state index contributed by atoms with van der Waals surface area (Å²) in [4.78, 5) is 16.1. The van der Waals surface area contributed by atoms with Crippen LogP contribution in [0.3, 0.4) is 0 Å². The molecule has 0 aliphatic carbocycles. The smallest absolute Gasteiger partial charge is 0.271 e. The van der Waals surface area contributed by atoms with Gasteiger partial charge >= 0.3 is 0 Å². The number of hydrazine groups is 1. The summed E-state index contributed by atoms with van der Waals surface area (Å²) in [5.74, 6) is 5.33. The molecule has 1 atom stereocenters. The van der Waals surface area contributed by atoms with Crippen LogP contribution in [0.4, 0.5) is 5.82 Å². The molecule has 1 saturated heterocycles. The third kappa shape index (κ3) is 3.10. The van der Waals surface area contributed by atoms with Gasteiger partial charge in [-0.1, -0.05) is 11.6 Å². The van der Waals surface area contributed by atoms with Crippen molar-refractivity contribution in [1.82, 2.24) is 10.3 Å². The van der Waals surface area contributed by atoms with Crippen LogP contribution in [0.15, 0.2) is 12.1 Å². The number of amides is 1. The van der Waals surface area contributed by atoms with E-state index in [1.165, 1.54) is 0 Å². The predicted octanol–water partition coefficient (Wildman–Crippen LogP) is 0.929. The summed E-state index contributed by atoms with van der Waals surface area (Å²) in [5, 5.41) is 3.14. The van der Waals surface area contributed by atoms with Gasteiger partial charge in [0.25, 0.3) is 5.91 Å². The first-order valence-electron chi connectivity index (χ1n) is 5.72. The number of pyridine rings is 1. The largest absolute Gasteiger partial charge is 0.379 e. The second kappa shape index (κ2) is 5.99. The second-order valence-corrected chi connectivity index (χ2v) is 4.47. The van der Waals surface area contributed by atoms with Crippen LogP contribution in [0.25, 0.3) is 0 Å². The Hall–Kier alpha value is -1.37. The number of halogens is 1. The summed E-state index contributed by atoms with van der Waals surface area (Å²) >= 11 is 5.94. The van der Waals surface area contributed by atoms with Crippen LogP contribution in [0.1, 0.15) is 23.3 Å². The maximum Gasteiger partial charge on any atom is 0.271 e. The van der Waals surface area contributed by atoms with Crippen molar-refractivity contribution in [2.24, 2.45) is 5.84 Å². The average Bonchev–Trinajstić information content (AvgIpc) is 2.40. The molecule has 0 saturated carbocycles. The van der Waals surface area contributed by atoms with Gasteiger partial charge in [-0.25, -0.2) is 10.8 Å². The van der Waals surface area contributed by atoms with Crippen LogP contribution in [0.5, 0.6) is 0 Å². The molecule has 7 heteroatoms. The number of ether oxygens (including phenoxy) is 1. The number of nitrogens with zero attached hydrogens (tertiary/aromatic N) is 1. The lowest BCUT2D eigenvalue weighted by atomic mass is 10.1. The fourth-order valence-corrected chi connectivity index (χ4v) is 1.98. The first-order chi connectivity index (χ1) is 8.70.